The average Bonchev–Trinajstić information content (AvgIpc) is 3.26. The molecule has 1 saturated carbocycles. The molecule has 1 aromatic carbocycles. The molecule has 4 rings (SSSR count). The Balaban J connectivity index is 1.43. The Labute approximate surface area is 212 Å². The summed E-state index contributed by atoms with van der Waals surface area (Å²) in [5.41, 5.74) is 1.94. The van der Waals surface area contributed by atoms with Crippen LogP contribution in [0.3, 0.4) is 0 Å². The molecule has 12 heteroatoms. The zero-order chi connectivity index (χ0) is 25.9. The molecule has 1 aliphatic carbocycles. The number of anilines is 1. The monoisotopic (exact) mass is 535 g/mol. The lowest BCUT2D eigenvalue weighted by Gasteiger charge is -2.33. The number of nitrogens with zero attached hydrogens (tertiary/aromatic N) is 4. The molecular weight excluding hydrogens is 502 g/mol. The summed E-state index contributed by atoms with van der Waals surface area (Å²) in [4.78, 5) is 9.11. The maximum Gasteiger partial charge on any atom is 0.224 e. The van der Waals surface area contributed by atoms with Crippen molar-refractivity contribution >= 4 is 36.7 Å². The minimum Gasteiger partial charge on any atom is -0.376 e. The van der Waals surface area contributed by atoms with E-state index in [9.17, 15) is 16.8 Å². The summed E-state index contributed by atoms with van der Waals surface area (Å²) in [5, 5.41) is 4.43. The van der Waals surface area contributed by atoms with Crippen molar-refractivity contribution in [2.75, 3.05) is 37.2 Å². The van der Waals surface area contributed by atoms with E-state index in [4.69, 9.17) is 9.72 Å². The topological polar surface area (TPSA) is 123 Å². The van der Waals surface area contributed by atoms with Gasteiger partial charge in [-0.05, 0) is 49.4 Å². The van der Waals surface area contributed by atoms with Crippen molar-refractivity contribution < 1.29 is 21.6 Å². The number of ether oxygens (including phenoxy) is 1. The molecule has 0 atom stereocenters. The van der Waals surface area contributed by atoms with Crippen molar-refractivity contribution in [2.45, 2.75) is 44.4 Å². The fourth-order valence-electron chi connectivity index (χ4n) is 4.54. The molecule has 0 amide bonds. The lowest BCUT2D eigenvalue weighted by atomic mass is 9.91. The van der Waals surface area contributed by atoms with Gasteiger partial charge in [0.15, 0.2) is 0 Å². The second kappa shape index (κ2) is 10.8. The van der Waals surface area contributed by atoms with Crippen LogP contribution in [0.25, 0.3) is 16.7 Å². The minimum absolute atomic E-state index is 0.00322. The van der Waals surface area contributed by atoms with Crippen molar-refractivity contribution in [1.82, 2.24) is 18.8 Å². The highest BCUT2D eigenvalue weighted by molar-refractivity contribution is 7.90. The second-order valence-electron chi connectivity index (χ2n) is 9.39. The fraction of sp³-hybridized carbons (Fsp3) is 0.500. The third-order valence-corrected chi connectivity index (χ3v) is 8.89. The van der Waals surface area contributed by atoms with Gasteiger partial charge in [0.05, 0.1) is 30.7 Å². The smallest absolute Gasteiger partial charge is 0.224 e. The van der Waals surface area contributed by atoms with Crippen LogP contribution in [0.5, 0.6) is 0 Å². The number of aromatic nitrogens is 3. The van der Waals surface area contributed by atoms with Crippen LogP contribution in [0.4, 0.5) is 5.95 Å². The third-order valence-electron chi connectivity index (χ3n) is 6.63. The first-order chi connectivity index (χ1) is 17.0. The summed E-state index contributed by atoms with van der Waals surface area (Å²) in [6.07, 6.45) is 9.37. The number of nitrogens with one attached hydrogen (secondary N) is 1. The molecule has 3 aromatic rings. The van der Waals surface area contributed by atoms with Gasteiger partial charge in [0.1, 0.15) is 15.7 Å². The lowest BCUT2D eigenvalue weighted by molar-refractivity contribution is 0.136. The van der Waals surface area contributed by atoms with Crippen molar-refractivity contribution in [3.05, 3.63) is 48.3 Å². The molecule has 0 unspecified atom stereocenters. The van der Waals surface area contributed by atoms with Crippen LogP contribution < -0.4 is 5.32 Å². The van der Waals surface area contributed by atoms with Gasteiger partial charge in [-0.15, -0.1) is 0 Å². The molecule has 0 aliphatic heterocycles. The van der Waals surface area contributed by atoms with Gasteiger partial charge in [-0.2, -0.15) is 4.98 Å². The van der Waals surface area contributed by atoms with E-state index in [1.807, 2.05) is 41.1 Å². The van der Waals surface area contributed by atoms with Crippen LogP contribution >= 0.6 is 0 Å². The number of benzene rings is 1. The van der Waals surface area contributed by atoms with Crippen LogP contribution in [0.15, 0.2) is 42.7 Å². The third kappa shape index (κ3) is 6.61. The number of sulfonamides is 1. The van der Waals surface area contributed by atoms with E-state index in [2.05, 4.69) is 10.3 Å². The molecule has 1 fully saturated rings. The van der Waals surface area contributed by atoms with Crippen molar-refractivity contribution in [3.63, 3.8) is 0 Å². The van der Waals surface area contributed by atoms with Gasteiger partial charge in [0.2, 0.25) is 16.0 Å². The van der Waals surface area contributed by atoms with Gasteiger partial charge in [-0.3, -0.25) is 0 Å². The van der Waals surface area contributed by atoms with Crippen LogP contribution in [-0.2, 0) is 31.2 Å². The predicted octanol–water partition coefficient (Wildman–Crippen LogP) is 2.60. The largest absolute Gasteiger partial charge is 0.376 e. The van der Waals surface area contributed by atoms with E-state index in [-0.39, 0.29) is 24.4 Å². The van der Waals surface area contributed by atoms with Gasteiger partial charge in [0, 0.05) is 43.2 Å². The van der Waals surface area contributed by atoms with Crippen molar-refractivity contribution in [2.24, 2.45) is 0 Å². The highest BCUT2D eigenvalue weighted by Gasteiger charge is 2.28. The number of hydrogen-bond donors (Lipinski definition) is 1. The summed E-state index contributed by atoms with van der Waals surface area (Å²) in [6.45, 7) is 0.480. The van der Waals surface area contributed by atoms with Crippen molar-refractivity contribution in [1.29, 1.82) is 0 Å². The predicted molar refractivity (Wildman–Crippen MR) is 141 cm³/mol. The molecule has 1 N–H and O–H groups in total. The van der Waals surface area contributed by atoms with Crippen LogP contribution in [0, 0.1) is 0 Å². The van der Waals surface area contributed by atoms with Gasteiger partial charge >= 0.3 is 0 Å². The Bertz CT molecular complexity index is 1410. The van der Waals surface area contributed by atoms with Gasteiger partial charge in [-0.25, -0.2) is 26.1 Å². The van der Waals surface area contributed by atoms with E-state index in [1.165, 1.54) is 16.8 Å². The molecule has 0 saturated heterocycles. The van der Waals surface area contributed by atoms with E-state index in [0.29, 0.717) is 12.6 Å². The summed E-state index contributed by atoms with van der Waals surface area (Å²) >= 11 is 0. The van der Waals surface area contributed by atoms with E-state index < -0.39 is 19.9 Å². The number of sulfone groups is 1. The molecule has 2 heterocycles. The summed E-state index contributed by atoms with van der Waals surface area (Å²) in [5.74, 6) is 1.26. The molecule has 36 heavy (non-hydrogen) atoms. The molecular formula is C24H33N5O5S2. The molecule has 0 radical (unpaired) electrons. The molecule has 196 valence electrons. The molecule has 0 spiro atoms. The zero-order valence-corrected chi connectivity index (χ0v) is 22.4. The number of hydrogen-bond acceptors (Lipinski definition) is 8. The first-order valence-corrected chi connectivity index (χ1v) is 15.8. The van der Waals surface area contributed by atoms with Crippen LogP contribution in [0.2, 0.25) is 0 Å². The second-order valence-corrected chi connectivity index (χ2v) is 13.7. The maximum atomic E-state index is 11.8. The quantitative estimate of drug-likeness (QED) is 0.393. The first kappa shape index (κ1) is 26.5. The van der Waals surface area contributed by atoms with Crippen LogP contribution in [0.1, 0.15) is 31.2 Å². The average molecular weight is 536 g/mol. The van der Waals surface area contributed by atoms with E-state index >= 15 is 0 Å². The zero-order valence-electron chi connectivity index (χ0n) is 20.8. The Morgan fingerprint density at radius 1 is 1.08 bits per heavy atom. The highest BCUT2D eigenvalue weighted by Crippen LogP contribution is 2.27. The Morgan fingerprint density at radius 2 is 1.83 bits per heavy atom. The van der Waals surface area contributed by atoms with Crippen molar-refractivity contribution in [3.8, 4) is 5.82 Å². The van der Waals surface area contributed by atoms with Gasteiger partial charge in [-0.1, -0.05) is 12.1 Å². The molecule has 0 bridgehead atoms. The summed E-state index contributed by atoms with van der Waals surface area (Å²) < 4.78 is 55.4. The van der Waals surface area contributed by atoms with Crippen LogP contribution in [-0.4, -0.2) is 79.7 Å². The molecule has 2 aromatic heterocycles. The lowest BCUT2D eigenvalue weighted by Crippen LogP contribution is -2.41. The fourth-order valence-corrected chi connectivity index (χ4v) is 5.71. The number of fused-ring (bicyclic) bond motifs is 1. The minimum atomic E-state index is -3.19. The normalized spacial score (nSPS) is 19.1. The Kier molecular flexibility index (Phi) is 7.98. The SMILES string of the molecule is CN(C1CCC(Nc2nccc(-n3ccc4c(COCCS(C)(=O)=O)cccc43)n2)CC1)S(C)(=O)=O. The maximum absolute atomic E-state index is 11.8. The summed E-state index contributed by atoms with van der Waals surface area (Å²) in [6, 6.07) is 9.97. The van der Waals surface area contributed by atoms with Gasteiger partial charge in [0.25, 0.3) is 0 Å². The molecule has 10 nitrogen and oxygen atoms in total. The molecule has 1 aliphatic rings. The highest BCUT2D eigenvalue weighted by atomic mass is 32.2. The van der Waals surface area contributed by atoms with E-state index in [0.717, 1.165) is 48.0 Å². The Morgan fingerprint density at radius 3 is 2.53 bits per heavy atom. The number of rotatable bonds is 10. The Hall–Kier alpha value is -2.54. The van der Waals surface area contributed by atoms with E-state index in [1.54, 1.807) is 13.2 Å². The summed E-state index contributed by atoms with van der Waals surface area (Å²) in [7, 11) is -4.60. The first-order valence-electron chi connectivity index (χ1n) is 11.9. The standard InChI is InChI=1S/C24H33N5O5S2/c1-28(36(3,32)33)20-9-7-19(8-10-20)26-24-25-13-11-23(27-24)29-14-12-21-18(5-4-6-22(21)29)17-34-15-16-35(2,30)31/h4-6,11-14,19-20H,7-10,15-17H2,1-3H3,(H,25,26,27). The van der Waals surface area contributed by atoms with Gasteiger partial charge < -0.3 is 14.6 Å².